The smallest absolute Gasteiger partial charge is 0.0169 e. The molecule has 4 atom stereocenters. The minimum atomic E-state index is 0.876. The molecule has 3 aliphatic rings. The van der Waals surface area contributed by atoms with Gasteiger partial charge in [0.15, 0.2) is 0 Å². The zero-order valence-corrected chi connectivity index (χ0v) is 14.1. The zero-order chi connectivity index (χ0) is 14.3. The van der Waals surface area contributed by atoms with E-state index in [1.807, 2.05) is 11.1 Å². The van der Waals surface area contributed by atoms with Crippen LogP contribution in [-0.2, 0) is 0 Å². The molecule has 20 heavy (non-hydrogen) atoms. The molecule has 1 saturated carbocycles. The summed E-state index contributed by atoms with van der Waals surface area (Å²) in [6.45, 7) is 9.99. The highest BCUT2D eigenvalue weighted by Gasteiger charge is 2.39. The van der Waals surface area contributed by atoms with Gasteiger partial charge >= 0.3 is 0 Å². The summed E-state index contributed by atoms with van der Waals surface area (Å²) in [6.07, 6.45) is 11.9. The molecule has 0 heterocycles. The van der Waals surface area contributed by atoms with Crippen molar-refractivity contribution in [2.75, 3.05) is 0 Å². The molecular weight excluding hydrogens is 240 g/mol. The molecular formula is C20H34. The molecule has 0 aromatic carbocycles. The Hall–Kier alpha value is -0.260. The molecule has 0 nitrogen and oxygen atoms in total. The first-order valence-corrected chi connectivity index (χ1v) is 9.31. The van der Waals surface area contributed by atoms with Gasteiger partial charge in [0.2, 0.25) is 0 Å². The highest BCUT2D eigenvalue weighted by molar-refractivity contribution is 5.29. The quantitative estimate of drug-likeness (QED) is 0.498. The Morgan fingerprint density at radius 1 is 0.550 bits per heavy atom. The molecule has 0 radical (unpaired) electrons. The van der Waals surface area contributed by atoms with E-state index in [1.165, 1.54) is 51.4 Å². The Balaban J connectivity index is 1.87. The lowest BCUT2D eigenvalue weighted by Gasteiger charge is -2.46. The first-order valence-electron chi connectivity index (χ1n) is 9.31. The zero-order valence-electron chi connectivity index (χ0n) is 14.1. The van der Waals surface area contributed by atoms with E-state index in [0.29, 0.717) is 0 Å². The van der Waals surface area contributed by atoms with E-state index in [-0.39, 0.29) is 0 Å². The van der Waals surface area contributed by atoms with Crippen LogP contribution in [0.3, 0.4) is 0 Å². The third-order valence-electron chi connectivity index (χ3n) is 6.90. The Labute approximate surface area is 126 Å². The SMILES string of the molecule is CC1CCC(C2CCC(C)C3=C2C(C)CCC3C)CC1. The summed E-state index contributed by atoms with van der Waals surface area (Å²) in [7, 11) is 0. The van der Waals surface area contributed by atoms with Crippen molar-refractivity contribution in [3.05, 3.63) is 11.1 Å². The second-order valence-electron chi connectivity index (χ2n) is 8.39. The van der Waals surface area contributed by atoms with Crippen LogP contribution < -0.4 is 0 Å². The summed E-state index contributed by atoms with van der Waals surface area (Å²) < 4.78 is 0. The van der Waals surface area contributed by atoms with E-state index in [1.54, 1.807) is 0 Å². The number of rotatable bonds is 1. The van der Waals surface area contributed by atoms with Gasteiger partial charge in [0.25, 0.3) is 0 Å². The second kappa shape index (κ2) is 5.85. The van der Waals surface area contributed by atoms with Crippen molar-refractivity contribution in [3.63, 3.8) is 0 Å². The highest BCUT2D eigenvalue weighted by Crippen LogP contribution is 2.51. The van der Waals surface area contributed by atoms with Crippen LogP contribution in [0.1, 0.15) is 79.1 Å². The van der Waals surface area contributed by atoms with Crippen LogP contribution in [-0.4, -0.2) is 0 Å². The Bertz CT molecular complexity index is 363. The fourth-order valence-corrected chi connectivity index (χ4v) is 5.65. The summed E-state index contributed by atoms with van der Waals surface area (Å²) in [6, 6.07) is 0. The molecule has 0 aromatic heterocycles. The fraction of sp³-hybridized carbons (Fsp3) is 0.900. The van der Waals surface area contributed by atoms with Crippen LogP contribution in [0.5, 0.6) is 0 Å². The average Bonchev–Trinajstić information content (AvgIpc) is 2.44. The number of hydrogen-bond donors (Lipinski definition) is 0. The molecule has 1 fully saturated rings. The maximum absolute atomic E-state index is 2.53. The van der Waals surface area contributed by atoms with Crippen molar-refractivity contribution in [1.29, 1.82) is 0 Å². The van der Waals surface area contributed by atoms with E-state index in [0.717, 1.165) is 35.5 Å². The molecule has 0 saturated heterocycles. The van der Waals surface area contributed by atoms with Crippen molar-refractivity contribution in [2.24, 2.45) is 35.5 Å². The first-order chi connectivity index (χ1) is 9.58. The van der Waals surface area contributed by atoms with Crippen LogP contribution in [0.2, 0.25) is 0 Å². The van der Waals surface area contributed by atoms with Gasteiger partial charge in [0, 0.05) is 0 Å². The summed E-state index contributed by atoms with van der Waals surface area (Å²) in [5, 5.41) is 0. The fourth-order valence-electron chi connectivity index (χ4n) is 5.65. The highest BCUT2D eigenvalue weighted by atomic mass is 14.4. The maximum Gasteiger partial charge on any atom is -0.0169 e. The molecule has 0 bridgehead atoms. The summed E-state index contributed by atoms with van der Waals surface area (Å²) >= 11 is 0. The molecule has 3 rings (SSSR count). The van der Waals surface area contributed by atoms with Crippen LogP contribution in [0.15, 0.2) is 11.1 Å². The predicted octanol–water partition coefficient (Wildman–Crippen LogP) is 6.22. The lowest BCUT2D eigenvalue weighted by Crippen LogP contribution is -2.34. The molecule has 0 spiro atoms. The largest absolute Gasteiger partial charge is 0.0648 e. The van der Waals surface area contributed by atoms with Gasteiger partial charge in [-0.05, 0) is 74.0 Å². The second-order valence-corrected chi connectivity index (χ2v) is 8.39. The number of allylic oxidation sites excluding steroid dienone is 2. The van der Waals surface area contributed by atoms with Gasteiger partial charge in [-0.3, -0.25) is 0 Å². The normalized spacial score (nSPS) is 46.2. The van der Waals surface area contributed by atoms with E-state index in [2.05, 4.69) is 27.7 Å². The Kier molecular flexibility index (Phi) is 4.29. The van der Waals surface area contributed by atoms with E-state index in [9.17, 15) is 0 Å². The summed E-state index contributed by atoms with van der Waals surface area (Å²) in [5.74, 6) is 5.61. The lowest BCUT2D eigenvalue weighted by molar-refractivity contribution is 0.187. The first kappa shape index (κ1) is 14.7. The van der Waals surface area contributed by atoms with Crippen LogP contribution in [0.4, 0.5) is 0 Å². The van der Waals surface area contributed by atoms with E-state index in [4.69, 9.17) is 0 Å². The van der Waals surface area contributed by atoms with Crippen molar-refractivity contribution in [2.45, 2.75) is 79.1 Å². The Morgan fingerprint density at radius 2 is 1.05 bits per heavy atom. The molecule has 114 valence electrons. The molecule has 0 N–H and O–H groups in total. The summed E-state index contributed by atoms with van der Waals surface area (Å²) in [5.41, 5.74) is 3.88. The van der Waals surface area contributed by atoms with Crippen molar-refractivity contribution in [1.82, 2.24) is 0 Å². The molecule has 0 aromatic rings. The van der Waals surface area contributed by atoms with Crippen LogP contribution in [0, 0.1) is 35.5 Å². The summed E-state index contributed by atoms with van der Waals surface area (Å²) in [4.78, 5) is 0. The standard InChI is InChI=1S/C20H34/c1-13-5-10-17(11-6-13)18-12-9-15(3)19-14(2)7-8-16(4)20(18)19/h13-18H,5-12H2,1-4H3. The Morgan fingerprint density at radius 3 is 1.65 bits per heavy atom. The minimum absolute atomic E-state index is 0.876. The predicted molar refractivity (Wildman–Crippen MR) is 87.6 cm³/mol. The lowest BCUT2D eigenvalue weighted by atomic mass is 9.60. The van der Waals surface area contributed by atoms with Gasteiger partial charge in [-0.2, -0.15) is 0 Å². The molecule has 4 unspecified atom stereocenters. The maximum atomic E-state index is 2.53. The van der Waals surface area contributed by atoms with Crippen molar-refractivity contribution < 1.29 is 0 Å². The van der Waals surface area contributed by atoms with Gasteiger partial charge in [0.1, 0.15) is 0 Å². The average molecular weight is 274 g/mol. The third kappa shape index (κ3) is 2.60. The van der Waals surface area contributed by atoms with Gasteiger partial charge in [-0.1, -0.05) is 51.7 Å². The van der Waals surface area contributed by atoms with Crippen molar-refractivity contribution >= 4 is 0 Å². The molecule has 0 heteroatoms. The van der Waals surface area contributed by atoms with E-state index < -0.39 is 0 Å². The van der Waals surface area contributed by atoms with Crippen molar-refractivity contribution in [3.8, 4) is 0 Å². The van der Waals surface area contributed by atoms with Crippen LogP contribution in [0.25, 0.3) is 0 Å². The van der Waals surface area contributed by atoms with Gasteiger partial charge < -0.3 is 0 Å². The monoisotopic (exact) mass is 274 g/mol. The molecule has 0 aliphatic heterocycles. The van der Waals surface area contributed by atoms with Gasteiger partial charge in [-0.25, -0.2) is 0 Å². The topological polar surface area (TPSA) is 0 Å². The number of hydrogen-bond acceptors (Lipinski definition) is 0. The molecule has 0 amide bonds. The minimum Gasteiger partial charge on any atom is -0.0648 e. The van der Waals surface area contributed by atoms with Gasteiger partial charge in [-0.15, -0.1) is 0 Å². The van der Waals surface area contributed by atoms with Gasteiger partial charge in [0.05, 0.1) is 0 Å². The third-order valence-corrected chi connectivity index (χ3v) is 6.90. The van der Waals surface area contributed by atoms with Crippen LogP contribution >= 0.6 is 0 Å². The van der Waals surface area contributed by atoms with E-state index >= 15 is 0 Å². The molecule has 3 aliphatic carbocycles.